The van der Waals surface area contributed by atoms with E-state index in [1.54, 1.807) is 18.3 Å². The monoisotopic (exact) mass is 287 g/mol. The van der Waals surface area contributed by atoms with Crippen LogP contribution in [0.4, 0.5) is 0 Å². The van der Waals surface area contributed by atoms with Crippen LogP contribution in [0, 0.1) is 6.92 Å². The van der Waals surface area contributed by atoms with Crippen molar-refractivity contribution in [1.82, 2.24) is 15.5 Å². The van der Waals surface area contributed by atoms with Crippen LogP contribution in [0.25, 0.3) is 0 Å². The van der Waals surface area contributed by atoms with Crippen LogP contribution in [0.15, 0.2) is 20.4 Å². The normalized spacial score (nSPS) is 10.8. The van der Waals surface area contributed by atoms with Gasteiger partial charge in [0, 0.05) is 18.3 Å². The van der Waals surface area contributed by atoms with E-state index in [0.717, 1.165) is 10.3 Å². The highest BCUT2D eigenvalue weighted by Gasteiger charge is 2.02. The first-order valence-electron chi connectivity index (χ1n) is 4.48. The molecule has 0 spiro atoms. The van der Waals surface area contributed by atoms with Gasteiger partial charge in [-0.05, 0) is 28.1 Å². The SMILES string of the molecule is Cc1nc(CNCc2ccc(Br)s2)no1. The number of aromatic nitrogens is 2. The maximum Gasteiger partial charge on any atom is 0.223 e. The van der Waals surface area contributed by atoms with Gasteiger partial charge in [-0.2, -0.15) is 4.98 Å². The van der Waals surface area contributed by atoms with Crippen LogP contribution in [0.1, 0.15) is 16.6 Å². The summed E-state index contributed by atoms with van der Waals surface area (Å²) < 4.78 is 6.01. The standard InChI is InChI=1S/C9H10BrN3OS/c1-6-12-9(13-14-6)5-11-4-7-2-3-8(10)15-7/h2-3,11H,4-5H2,1H3. The molecule has 0 fully saturated rings. The zero-order valence-electron chi connectivity index (χ0n) is 8.16. The van der Waals surface area contributed by atoms with E-state index in [2.05, 4.69) is 37.5 Å². The zero-order chi connectivity index (χ0) is 10.7. The lowest BCUT2D eigenvalue weighted by Gasteiger charge is -1.97. The molecule has 2 heterocycles. The first-order chi connectivity index (χ1) is 7.24. The summed E-state index contributed by atoms with van der Waals surface area (Å²) >= 11 is 5.14. The third kappa shape index (κ3) is 3.12. The van der Waals surface area contributed by atoms with E-state index in [9.17, 15) is 0 Å². The minimum absolute atomic E-state index is 0.602. The second-order valence-corrected chi connectivity index (χ2v) is 5.59. The number of nitrogens with zero attached hydrogens (tertiary/aromatic N) is 2. The molecular weight excluding hydrogens is 278 g/mol. The van der Waals surface area contributed by atoms with E-state index in [4.69, 9.17) is 4.52 Å². The number of hydrogen-bond acceptors (Lipinski definition) is 5. The maximum atomic E-state index is 4.87. The predicted molar refractivity (Wildman–Crippen MR) is 61.6 cm³/mol. The molecule has 0 aromatic carbocycles. The molecule has 15 heavy (non-hydrogen) atoms. The Labute approximate surface area is 99.8 Å². The van der Waals surface area contributed by atoms with Crippen molar-refractivity contribution in [2.45, 2.75) is 20.0 Å². The molecule has 0 unspecified atom stereocenters. The molecule has 0 bridgehead atoms. The topological polar surface area (TPSA) is 51.0 Å². The third-order valence-electron chi connectivity index (χ3n) is 1.78. The van der Waals surface area contributed by atoms with Gasteiger partial charge in [0.1, 0.15) is 0 Å². The minimum Gasteiger partial charge on any atom is -0.340 e. The zero-order valence-corrected chi connectivity index (χ0v) is 10.6. The lowest BCUT2D eigenvalue weighted by molar-refractivity contribution is 0.385. The smallest absolute Gasteiger partial charge is 0.223 e. The Hall–Kier alpha value is -0.720. The van der Waals surface area contributed by atoms with Crippen molar-refractivity contribution in [3.63, 3.8) is 0 Å². The van der Waals surface area contributed by atoms with Gasteiger partial charge < -0.3 is 9.84 Å². The summed E-state index contributed by atoms with van der Waals surface area (Å²) in [7, 11) is 0. The second-order valence-electron chi connectivity index (χ2n) is 3.04. The number of halogens is 1. The number of rotatable bonds is 4. The molecule has 2 aromatic rings. The average Bonchev–Trinajstić information content (AvgIpc) is 2.76. The lowest BCUT2D eigenvalue weighted by Crippen LogP contribution is -2.12. The molecule has 80 valence electrons. The number of nitrogens with one attached hydrogen (secondary N) is 1. The Morgan fingerprint density at radius 2 is 2.33 bits per heavy atom. The third-order valence-corrected chi connectivity index (χ3v) is 3.40. The van der Waals surface area contributed by atoms with Crippen molar-refractivity contribution >= 4 is 27.3 Å². The molecule has 0 aliphatic carbocycles. The van der Waals surface area contributed by atoms with Crippen LogP contribution in [0.2, 0.25) is 0 Å². The van der Waals surface area contributed by atoms with Crippen molar-refractivity contribution < 1.29 is 4.52 Å². The molecule has 2 rings (SSSR count). The molecule has 2 aromatic heterocycles. The van der Waals surface area contributed by atoms with Crippen LogP contribution in [0.3, 0.4) is 0 Å². The summed E-state index contributed by atoms with van der Waals surface area (Å²) in [4.78, 5) is 5.38. The molecule has 0 aliphatic rings. The Kier molecular flexibility index (Phi) is 3.50. The van der Waals surface area contributed by atoms with E-state index in [1.165, 1.54) is 4.88 Å². The van der Waals surface area contributed by atoms with Crippen LogP contribution >= 0.6 is 27.3 Å². The Bertz CT molecular complexity index is 400. The van der Waals surface area contributed by atoms with E-state index in [1.807, 2.05) is 6.07 Å². The molecule has 0 atom stereocenters. The Morgan fingerprint density at radius 1 is 1.47 bits per heavy atom. The molecule has 1 N–H and O–H groups in total. The molecular formula is C9H10BrN3OS. The fraction of sp³-hybridized carbons (Fsp3) is 0.333. The Balaban J connectivity index is 1.80. The van der Waals surface area contributed by atoms with Crippen LogP contribution < -0.4 is 5.32 Å². The molecule has 0 radical (unpaired) electrons. The van der Waals surface area contributed by atoms with Gasteiger partial charge in [0.05, 0.1) is 10.3 Å². The second kappa shape index (κ2) is 4.87. The van der Waals surface area contributed by atoms with Gasteiger partial charge in [-0.15, -0.1) is 11.3 Å². The van der Waals surface area contributed by atoms with E-state index in [0.29, 0.717) is 18.3 Å². The van der Waals surface area contributed by atoms with Gasteiger partial charge in [-0.3, -0.25) is 0 Å². The summed E-state index contributed by atoms with van der Waals surface area (Å²) in [6, 6.07) is 4.13. The summed E-state index contributed by atoms with van der Waals surface area (Å²) in [5.41, 5.74) is 0. The number of thiophene rings is 1. The highest BCUT2D eigenvalue weighted by Crippen LogP contribution is 2.21. The largest absolute Gasteiger partial charge is 0.340 e. The fourth-order valence-electron chi connectivity index (χ4n) is 1.16. The van der Waals surface area contributed by atoms with Gasteiger partial charge in [0.15, 0.2) is 5.82 Å². The maximum absolute atomic E-state index is 4.87. The summed E-state index contributed by atoms with van der Waals surface area (Å²) in [5, 5.41) is 7.05. The molecule has 4 nitrogen and oxygen atoms in total. The molecule has 0 amide bonds. The van der Waals surface area contributed by atoms with Gasteiger partial charge in [0.2, 0.25) is 5.89 Å². The van der Waals surface area contributed by atoms with Gasteiger partial charge in [0.25, 0.3) is 0 Å². The summed E-state index contributed by atoms with van der Waals surface area (Å²) in [6.45, 7) is 3.24. The first-order valence-corrected chi connectivity index (χ1v) is 6.09. The average molecular weight is 288 g/mol. The molecule has 0 aliphatic heterocycles. The summed E-state index contributed by atoms with van der Waals surface area (Å²) in [5.74, 6) is 1.30. The minimum atomic E-state index is 0.602. The predicted octanol–water partition coefficient (Wildman–Crippen LogP) is 2.49. The number of hydrogen-bond donors (Lipinski definition) is 1. The van der Waals surface area contributed by atoms with E-state index >= 15 is 0 Å². The lowest BCUT2D eigenvalue weighted by atomic mass is 10.4. The Morgan fingerprint density at radius 3 is 2.93 bits per heavy atom. The van der Waals surface area contributed by atoms with Crippen LogP contribution in [-0.4, -0.2) is 10.1 Å². The highest BCUT2D eigenvalue weighted by atomic mass is 79.9. The summed E-state index contributed by atoms with van der Waals surface area (Å²) in [6.07, 6.45) is 0. The van der Waals surface area contributed by atoms with Crippen molar-refractivity contribution in [3.8, 4) is 0 Å². The molecule has 6 heteroatoms. The van der Waals surface area contributed by atoms with Gasteiger partial charge in [-0.1, -0.05) is 5.16 Å². The quantitative estimate of drug-likeness (QED) is 0.939. The van der Waals surface area contributed by atoms with Crippen molar-refractivity contribution in [1.29, 1.82) is 0 Å². The molecule has 0 saturated carbocycles. The fourth-order valence-corrected chi connectivity index (χ4v) is 2.61. The van der Waals surface area contributed by atoms with Gasteiger partial charge >= 0.3 is 0 Å². The highest BCUT2D eigenvalue weighted by molar-refractivity contribution is 9.11. The van der Waals surface area contributed by atoms with Crippen LogP contribution in [0.5, 0.6) is 0 Å². The van der Waals surface area contributed by atoms with E-state index in [-0.39, 0.29) is 0 Å². The van der Waals surface area contributed by atoms with Crippen molar-refractivity contribution in [2.75, 3.05) is 0 Å². The van der Waals surface area contributed by atoms with Crippen LogP contribution in [-0.2, 0) is 13.1 Å². The van der Waals surface area contributed by atoms with Crippen molar-refractivity contribution in [2.24, 2.45) is 0 Å². The molecule has 0 saturated heterocycles. The first kappa shape index (κ1) is 10.8. The van der Waals surface area contributed by atoms with Gasteiger partial charge in [-0.25, -0.2) is 0 Å². The van der Waals surface area contributed by atoms with Crippen molar-refractivity contribution in [3.05, 3.63) is 32.5 Å². The van der Waals surface area contributed by atoms with E-state index < -0.39 is 0 Å². The number of aryl methyl sites for hydroxylation is 1.